The van der Waals surface area contributed by atoms with E-state index in [0.29, 0.717) is 12.2 Å². The van der Waals surface area contributed by atoms with Crippen LogP contribution in [0.3, 0.4) is 0 Å². The average Bonchev–Trinajstić information content (AvgIpc) is 2.63. The van der Waals surface area contributed by atoms with Gasteiger partial charge in [0.2, 0.25) is 0 Å². The zero-order valence-corrected chi connectivity index (χ0v) is 12.8. The highest BCUT2D eigenvalue weighted by atomic mass is 32.2. The van der Waals surface area contributed by atoms with Crippen molar-refractivity contribution in [1.29, 1.82) is 0 Å². The van der Waals surface area contributed by atoms with Gasteiger partial charge >= 0.3 is 0 Å². The number of benzene rings is 1. The van der Waals surface area contributed by atoms with Gasteiger partial charge in [-0.2, -0.15) is 8.42 Å². The van der Waals surface area contributed by atoms with Crippen LogP contribution in [0.1, 0.15) is 15.6 Å². The van der Waals surface area contributed by atoms with Crippen LogP contribution in [0.25, 0.3) is 0 Å². The van der Waals surface area contributed by atoms with Crippen molar-refractivity contribution in [2.45, 2.75) is 20.4 Å². The molecule has 0 bridgehead atoms. The van der Waals surface area contributed by atoms with Crippen LogP contribution in [0.5, 0.6) is 0 Å². The number of anilines is 2. The molecule has 20 heavy (non-hydrogen) atoms. The molecule has 4 N–H and O–H groups in total. The third-order valence-electron chi connectivity index (χ3n) is 2.58. The quantitative estimate of drug-likeness (QED) is 0.786. The Bertz CT molecular complexity index is 710. The van der Waals surface area contributed by atoms with E-state index in [0.717, 1.165) is 21.3 Å². The summed E-state index contributed by atoms with van der Waals surface area (Å²) in [5.41, 5.74) is 2.25. The van der Waals surface area contributed by atoms with E-state index in [1.165, 1.54) is 0 Å². The van der Waals surface area contributed by atoms with Crippen LogP contribution in [-0.4, -0.2) is 13.4 Å². The highest BCUT2D eigenvalue weighted by Crippen LogP contribution is 2.20. The highest BCUT2D eigenvalue weighted by molar-refractivity contribution is 7.90. The van der Waals surface area contributed by atoms with E-state index < -0.39 is 10.2 Å². The summed E-state index contributed by atoms with van der Waals surface area (Å²) in [6.45, 7) is 4.59. The zero-order chi connectivity index (χ0) is 14.8. The average molecular weight is 312 g/mol. The van der Waals surface area contributed by atoms with Gasteiger partial charge in [-0.1, -0.05) is 6.07 Å². The van der Waals surface area contributed by atoms with E-state index in [-0.39, 0.29) is 0 Å². The molecule has 108 valence electrons. The van der Waals surface area contributed by atoms with Crippen LogP contribution in [0.4, 0.5) is 11.4 Å². The van der Waals surface area contributed by atoms with Gasteiger partial charge in [-0.15, -0.1) is 11.3 Å². The van der Waals surface area contributed by atoms with Gasteiger partial charge in [0.1, 0.15) is 0 Å². The lowest BCUT2D eigenvalue weighted by molar-refractivity contribution is 0.603. The van der Waals surface area contributed by atoms with Gasteiger partial charge < -0.3 is 5.32 Å². The zero-order valence-electron chi connectivity index (χ0n) is 11.2. The Kier molecular flexibility index (Phi) is 4.26. The van der Waals surface area contributed by atoms with Crippen molar-refractivity contribution in [2.24, 2.45) is 5.14 Å². The second-order valence-electron chi connectivity index (χ2n) is 4.32. The molecule has 2 rings (SSSR count). The van der Waals surface area contributed by atoms with Crippen molar-refractivity contribution in [2.75, 3.05) is 10.0 Å². The third-order valence-corrected chi connectivity index (χ3v) is 4.17. The summed E-state index contributed by atoms with van der Waals surface area (Å²) < 4.78 is 24.2. The molecule has 0 radical (unpaired) electrons. The molecule has 0 aliphatic carbocycles. The van der Waals surface area contributed by atoms with Crippen molar-refractivity contribution >= 4 is 32.9 Å². The van der Waals surface area contributed by atoms with Crippen molar-refractivity contribution < 1.29 is 8.42 Å². The summed E-state index contributed by atoms with van der Waals surface area (Å²) in [6.07, 6.45) is 0. The molecule has 0 aliphatic heterocycles. The normalized spacial score (nSPS) is 11.3. The fourth-order valence-electron chi connectivity index (χ4n) is 1.78. The monoisotopic (exact) mass is 312 g/mol. The maximum Gasteiger partial charge on any atom is 0.296 e. The maximum atomic E-state index is 11.0. The summed E-state index contributed by atoms with van der Waals surface area (Å²) in [5.74, 6) is 0. The van der Waals surface area contributed by atoms with E-state index in [4.69, 9.17) is 5.14 Å². The van der Waals surface area contributed by atoms with Crippen LogP contribution in [0.2, 0.25) is 0 Å². The summed E-state index contributed by atoms with van der Waals surface area (Å²) >= 11 is 1.64. The molecular weight excluding hydrogens is 296 g/mol. The minimum Gasteiger partial charge on any atom is -0.380 e. The first-order valence-corrected chi connectivity index (χ1v) is 8.27. The van der Waals surface area contributed by atoms with E-state index in [9.17, 15) is 8.42 Å². The molecule has 2 aromatic rings. The Morgan fingerprint density at radius 2 is 2.00 bits per heavy atom. The summed E-state index contributed by atoms with van der Waals surface area (Å²) in [6, 6.07) is 6.93. The van der Waals surface area contributed by atoms with Gasteiger partial charge in [0.25, 0.3) is 10.2 Å². The number of nitrogens with one attached hydrogen (secondary N) is 2. The standard InChI is InChI=1S/C12H16N4O2S2/c1-8-12(19-9(2)15-8)7-14-10-4-3-5-11(6-10)16-20(13,17)18/h3-6,14,16H,7H2,1-2H3,(H2,13,17,18). The summed E-state index contributed by atoms with van der Waals surface area (Å²) in [4.78, 5) is 5.52. The maximum absolute atomic E-state index is 11.0. The molecule has 0 saturated heterocycles. The first-order valence-electron chi connectivity index (χ1n) is 5.91. The van der Waals surface area contributed by atoms with Gasteiger partial charge in [-0.25, -0.2) is 10.1 Å². The SMILES string of the molecule is Cc1nc(C)c(CNc2cccc(NS(N)(=O)=O)c2)s1. The summed E-state index contributed by atoms with van der Waals surface area (Å²) in [7, 11) is -3.75. The molecule has 6 nitrogen and oxygen atoms in total. The third kappa shape index (κ3) is 4.19. The molecule has 1 heterocycles. The molecule has 0 spiro atoms. The molecule has 0 unspecified atom stereocenters. The molecule has 0 aliphatic rings. The first kappa shape index (κ1) is 14.8. The number of nitrogens with two attached hydrogens (primary N) is 1. The van der Waals surface area contributed by atoms with E-state index in [1.807, 2.05) is 19.9 Å². The van der Waals surface area contributed by atoms with Gasteiger partial charge in [-0.05, 0) is 32.0 Å². The Balaban J connectivity index is 2.07. The number of rotatable bonds is 5. The lowest BCUT2D eigenvalue weighted by Gasteiger charge is -2.08. The molecule has 0 atom stereocenters. The lowest BCUT2D eigenvalue weighted by Crippen LogP contribution is -2.21. The Hall–Kier alpha value is -1.64. The van der Waals surface area contributed by atoms with Gasteiger partial charge in [0.05, 0.1) is 22.9 Å². The molecular formula is C12H16N4O2S2. The fourth-order valence-corrected chi connectivity index (χ4v) is 3.11. The number of aryl methyl sites for hydroxylation is 2. The highest BCUT2D eigenvalue weighted by Gasteiger charge is 2.06. The van der Waals surface area contributed by atoms with Crippen molar-refractivity contribution in [3.05, 3.63) is 39.8 Å². The predicted octanol–water partition coefficient (Wildman–Crippen LogP) is 1.99. The van der Waals surface area contributed by atoms with Crippen LogP contribution >= 0.6 is 11.3 Å². The number of hydrogen-bond donors (Lipinski definition) is 3. The number of thiazole rings is 1. The molecule has 0 amide bonds. The van der Waals surface area contributed by atoms with Gasteiger partial charge in [-0.3, -0.25) is 4.72 Å². The second kappa shape index (κ2) is 5.78. The predicted molar refractivity (Wildman–Crippen MR) is 82.1 cm³/mol. The minimum atomic E-state index is -3.75. The number of aromatic nitrogens is 1. The molecule has 0 fully saturated rings. The van der Waals surface area contributed by atoms with Crippen LogP contribution in [-0.2, 0) is 16.8 Å². The van der Waals surface area contributed by atoms with Gasteiger partial charge in [0, 0.05) is 10.6 Å². The van der Waals surface area contributed by atoms with E-state index >= 15 is 0 Å². The van der Waals surface area contributed by atoms with Crippen LogP contribution < -0.4 is 15.2 Å². The Morgan fingerprint density at radius 3 is 2.60 bits per heavy atom. The largest absolute Gasteiger partial charge is 0.380 e. The molecule has 0 saturated carbocycles. The molecule has 8 heteroatoms. The number of hydrogen-bond acceptors (Lipinski definition) is 5. The summed E-state index contributed by atoms with van der Waals surface area (Å²) in [5, 5.41) is 9.21. The minimum absolute atomic E-state index is 0.426. The lowest BCUT2D eigenvalue weighted by atomic mass is 10.3. The first-order chi connectivity index (χ1) is 9.33. The molecule has 1 aromatic heterocycles. The Morgan fingerprint density at radius 1 is 1.30 bits per heavy atom. The van der Waals surface area contributed by atoms with Crippen molar-refractivity contribution in [1.82, 2.24) is 4.98 Å². The topological polar surface area (TPSA) is 97.1 Å². The smallest absolute Gasteiger partial charge is 0.296 e. The second-order valence-corrected chi connectivity index (χ2v) is 6.90. The van der Waals surface area contributed by atoms with Crippen molar-refractivity contribution in [3.8, 4) is 0 Å². The molecule has 1 aromatic carbocycles. The van der Waals surface area contributed by atoms with E-state index in [1.54, 1.807) is 29.5 Å². The van der Waals surface area contributed by atoms with Crippen LogP contribution in [0.15, 0.2) is 24.3 Å². The van der Waals surface area contributed by atoms with E-state index in [2.05, 4.69) is 15.0 Å². The van der Waals surface area contributed by atoms with Crippen LogP contribution in [0, 0.1) is 13.8 Å². The fraction of sp³-hybridized carbons (Fsp3) is 0.250. The van der Waals surface area contributed by atoms with Gasteiger partial charge in [0.15, 0.2) is 0 Å². The van der Waals surface area contributed by atoms with Crippen molar-refractivity contribution in [3.63, 3.8) is 0 Å². The number of nitrogens with zero attached hydrogens (tertiary/aromatic N) is 1. The Labute approximate surface area is 122 Å².